The number of pyridine rings is 1. The first-order valence-corrected chi connectivity index (χ1v) is 8.39. The number of carbonyl (C=O) groups is 2. The van der Waals surface area contributed by atoms with Crippen molar-refractivity contribution in [1.82, 2.24) is 14.8 Å². The molecule has 1 aromatic rings. The molecular weight excluding hydrogens is 290 g/mol. The molecule has 1 saturated heterocycles. The summed E-state index contributed by atoms with van der Waals surface area (Å²) in [6, 6.07) is 3.93. The Hall–Kier alpha value is -1.91. The molecule has 5 nitrogen and oxygen atoms in total. The van der Waals surface area contributed by atoms with Gasteiger partial charge in [-0.3, -0.25) is 14.6 Å². The molecule has 126 valence electrons. The maximum absolute atomic E-state index is 12.5. The molecule has 2 rings (SSSR count). The number of likely N-dealkylation sites (N-methyl/N-ethyl adjacent to an activating group) is 1. The molecule has 2 amide bonds. The Kier molecular flexibility index (Phi) is 6.13. The molecule has 0 aromatic carbocycles. The standard InChI is InChI=1S/C18H27N3O2/c1-14(2)6-11-21-13-16(12-17(21)22)18(23)20(3)10-7-15-4-8-19-9-5-15/h4-5,8-9,14,16H,6-7,10-13H2,1-3H3. The first-order chi connectivity index (χ1) is 11.0. The molecule has 23 heavy (non-hydrogen) atoms. The van der Waals surface area contributed by atoms with Crippen LogP contribution >= 0.6 is 0 Å². The maximum atomic E-state index is 12.5. The summed E-state index contributed by atoms with van der Waals surface area (Å²) in [4.78, 5) is 32.2. The van der Waals surface area contributed by atoms with E-state index in [4.69, 9.17) is 0 Å². The van der Waals surface area contributed by atoms with Crippen LogP contribution in [0.2, 0.25) is 0 Å². The Bertz CT molecular complexity index is 530. The third kappa shape index (κ3) is 5.05. The van der Waals surface area contributed by atoms with Crippen LogP contribution in [0.3, 0.4) is 0 Å². The van der Waals surface area contributed by atoms with Gasteiger partial charge in [0.1, 0.15) is 0 Å². The largest absolute Gasteiger partial charge is 0.345 e. The Morgan fingerprint density at radius 2 is 2.09 bits per heavy atom. The van der Waals surface area contributed by atoms with Crippen molar-refractivity contribution >= 4 is 11.8 Å². The molecule has 1 unspecified atom stereocenters. The zero-order valence-electron chi connectivity index (χ0n) is 14.4. The van der Waals surface area contributed by atoms with Crippen molar-refractivity contribution in [2.45, 2.75) is 33.1 Å². The second kappa shape index (κ2) is 8.09. The van der Waals surface area contributed by atoms with Crippen molar-refractivity contribution in [3.63, 3.8) is 0 Å². The van der Waals surface area contributed by atoms with Crippen LogP contribution in [0.25, 0.3) is 0 Å². The summed E-state index contributed by atoms with van der Waals surface area (Å²) < 4.78 is 0. The van der Waals surface area contributed by atoms with Crippen LogP contribution < -0.4 is 0 Å². The summed E-state index contributed by atoms with van der Waals surface area (Å²) in [5.41, 5.74) is 1.17. The van der Waals surface area contributed by atoms with E-state index in [-0.39, 0.29) is 17.7 Å². The number of carbonyl (C=O) groups excluding carboxylic acids is 2. The highest BCUT2D eigenvalue weighted by Crippen LogP contribution is 2.21. The fraction of sp³-hybridized carbons (Fsp3) is 0.611. The summed E-state index contributed by atoms with van der Waals surface area (Å²) >= 11 is 0. The van der Waals surface area contributed by atoms with Gasteiger partial charge in [-0.05, 0) is 36.5 Å². The topological polar surface area (TPSA) is 53.5 Å². The van der Waals surface area contributed by atoms with E-state index in [9.17, 15) is 9.59 Å². The molecule has 0 saturated carbocycles. The van der Waals surface area contributed by atoms with Crippen LogP contribution in [0.1, 0.15) is 32.3 Å². The van der Waals surface area contributed by atoms with Gasteiger partial charge < -0.3 is 9.80 Å². The molecule has 0 spiro atoms. The van der Waals surface area contributed by atoms with E-state index in [1.54, 1.807) is 17.3 Å². The van der Waals surface area contributed by atoms with Crippen LogP contribution in [0.15, 0.2) is 24.5 Å². The minimum atomic E-state index is -0.183. The molecule has 1 aliphatic heterocycles. The average Bonchev–Trinajstić information content (AvgIpc) is 2.91. The summed E-state index contributed by atoms with van der Waals surface area (Å²) in [5.74, 6) is 0.587. The molecule has 5 heteroatoms. The lowest BCUT2D eigenvalue weighted by atomic mass is 10.1. The average molecular weight is 317 g/mol. The van der Waals surface area contributed by atoms with Gasteiger partial charge in [0.2, 0.25) is 11.8 Å². The third-order valence-electron chi connectivity index (χ3n) is 4.40. The van der Waals surface area contributed by atoms with Crippen LogP contribution in [-0.2, 0) is 16.0 Å². The van der Waals surface area contributed by atoms with Crippen molar-refractivity contribution < 1.29 is 9.59 Å². The molecule has 0 radical (unpaired) electrons. The molecule has 1 fully saturated rings. The van der Waals surface area contributed by atoms with E-state index in [1.165, 1.54) is 5.56 Å². The normalized spacial score (nSPS) is 17.8. The summed E-state index contributed by atoms with van der Waals surface area (Å²) in [6.45, 7) is 6.30. The number of hydrogen-bond donors (Lipinski definition) is 0. The predicted molar refractivity (Wildman–Crippen MR) is 89.7 cm³/mol. The fourth-order valence-corrected chi connectivity index (χ4v) is 2.84. The van der Waals surface area contributed by atoms with Gasteiger partial charge in [-0.2, -0.15) is 0 Å². The van der Waals surface area contributed by atoms with Crippen LogP contribution in [0.4, 0.5) is 0 Å². The zero-order valence-corrected chi connectivity index (χ0v) is 14.4. The van der Waals surface area contributed by atoms with Crippen molar-refractivity contribution in [1.29, 1.82) is 0 Å². The second-order valence-corrected chi connectivity index (χ2v) is 6.79. The Balaban J connectivity index is 1.81. The monoisotopic (exact) mass is 317 g/mol. The molecule has 1 aliphatic rings. The number of aromatic nitrogens is 1. The first-order valence-electron chi connectivity index (χ1n) is 8.39. The van der Waals surface area contributed by atoms with Gasteiger partial charge in [-0.25, -0.2) is 0 Å². The van der Waals surface area contributed by atoms with Gasteiger partial charge in [-0.15, -0.1) is 0 Å². The fourth-order valence-electron chi connectivity index (χ4n) is 2.84. The molecule has 0 N–H and O–H groups in total. The van der Waals surface area contributed by atoms with Crippen molar-refractivity contribution in [3.8, 4) is 0 Å². The lowest BCUT2D eigenvalue weighted by Crippen LogP contribution is -2.36. The van der Waals surface area contributed by atoms with Gasteiger partial charge >= 0.3 is 0 Å². The Morgan fingerprint density at radius 1 is 1.39 bits per heavy atom. The SMILES string of the molecule is CC(C)CCN1CC(C(=O)N(C)CCc2ccncc2)CC1=O. The predicted octanol–water partition coefficient (Wildman–Crippen LogP) is 1.98. The molecule has 1 aromatic heterocycles. The highest BCUT2D eigenvalue weighted by molar-refractivity contribution is 5.89. The van der Waals surface area contributed by atoms with E-state index in [1.807, 2.05) is 24.1 Å². The van der Waals surface area contributed by atoms with Crippen molar-refractivity contribution in [2.24, 2.45) is 11.8 Å². The Morgan fingerprint density at radius 3 is 2.74 bits per heavy atom. The number of amides is 2. The smallest absolute Gasteiger partial charge is 0.227 e. The van der Waals surface area contributed by atoms with E-state index in [0.717, 1.165) is 19.4 Å². The van der Waals surface area contributed by atoms with Gasteiger partial charge in [0.05, 0.1) is 5.92 Å². The molecule has 2 heterocycles. The van der Waals surface area contributed by atoms with Crippen molar-refractivity contribution in [2.75, 3.05) is 26.7 Å². The van der Waals surface area contributed by atoms with Gasteiger partial charge in [0.25, 0.3) is 0 Å². The zero-order chi connectivity index (χ0) is 16.8. The quantitative estimate of drug-likeness (QED) is 0.773. The van der Waals surface area contributed by atoms with Gasteiger partial charge in [-0.1, -0.05) is 13.8 Å². The van der Waals surface area contributed by atoms with Gasteiger partial charge in [0.15, 0.2) is 0 Å². The summed E-state index contributed by atoms with van der Waals surface area (Å²) in [7, 11) is 1.82. The first kappa shape index (κ1) is 17.4. The van der Waals surface area contributed by atoms with E-state index in [2.05, 4.69) is 18.8 Å². The van der Waals surface area contributed by atoms with Crippen LogP contribution in [0, 0.1) is 11.8 Å². The lowest BCUT2D eigenvalue weighted by Gasteiger charge is -2.22. The second-order valence-electron chi connectivity index (χ2n) is 6.79. The van der Waals surface area contributed by atoms with Crippen molar-refractivity contribution in [3.05, 3.63) is 30.1 Å². The highest BCUT2D eigenvalue weighted by atomic mass is 16.2. The van der Waals surface area contributed by atoms with Crippen LogP contribution in [0.5, 0.6) is 0 Å². The Labute approximate surface area is 138 Å². The summed E-state index contributed by atoms with van der Waals surface area (Å²) in [6.07, 6.45) is 5.68. The number of likely N-dealkylation sites (tertiary alicyclic amines) is 1. The molecule has 0 aliphatic carbocycles. The van der Waals surface area contributed by atoms with E-state index < -0.39 is 0 Å². The number of nitrogens with zero attached hydrogens (tertiary/aromatic N) is 3. The number of hydrogen-bond acceptors (Lipinski definition) is 3. The minimum Gasteiger partial charge on any atom is -0.345 e. The highest BCUT2D eigenvalue weighted by Gasteiger charge is 2.35. The summed E-state index contributed by atoms with van der Waals surface area (Å²) in [5, 5.41) is 0. The molecular formula is C18H27N3O2. The van der Waals surface area contributed by atoms with E-state index >= 15 is 0 Å². The minimum absolute atomic E-state index is 0.0828. The third-order valence-corrected chi connectivity index (χ3v) is 4.40. The van der Waals surface area contributed by atoms with Gasteiger partial charge in [0, 0.05) is 45.5 Å². The number of rotatable bonds is 7. The van der Waals surface area contributed by atoms with Crippen LogP contribution in [-0.4, -0.2) is 53.3 Å². The maximum Gasteiger partial charge on any atom is 0.227 e. The van der Waals surface area contributed by atoms with E-state index in [0.29, 0.717) is 25.4 Å². The molecule has 0 bridgehead atoms. The molecule has 1 atom stereocenters. The lowest BCUT2D eigenvalue weighted by molar-refractivity contribution is -0.134.